The van der Waals surface area contributed by atoms with E-state index in [1.807, 2.05) is 6.92 Å². The van der Waals surface area contributed by atoms with Gasteiger partial charge in [0.1, 0.15) is 5.75 Å². The molecule has 5 rings (SSSR count). The molecule has 6 nitrogen and oxygen atoms in total. The van der Waals surface area contributed by atoms with Crippen LogP contribution in [0.5, 0.6) is 5.75 Å². The molecule has 0 aliphatic rings. The van der Waals surface area contributed by atoms with Gasteiger partial charge >= 0.3 is 0 Å². The van der Waals surface area contributed by atoms with E-state index in [0.717, 1.165) is 0 Å². The van der Waals surface area contributed by atoms with E-state index in [-0.39, 0.29) is 21.9 Å². The zero-order valence-corrected chi connectivity index (χ0v) is 17.8. The van der Waals surface area contributed by atoms with Crippen molar-refractivity contribution in [2.24, 2.45) is 0 Å². The molecule has 0 spiro atoms. The van der Waals surface area contributed by atoms with Gasteiger partial charge < -0.3 is 4.74 Å². The summed E-state index contributed by atoms with van der Waals surface area (Å²) in [5.74, 6) is 0.370. The van der Waals surface area contributed by atoms with E-state index in [4.69, 9.17) is 27.9 Å². The number of carbonyl (C=O) groups excluding carboxylic acids is 1. The summed E-state index contributed by atoms with van der Waals surface area (Å²) in [7, 11) is 0. The summed E-state index contributed by atoms with van der Waals surface area (Å²) in [5, 5.41) is 1.09. The predicted octanol–water partition coefficient (Wildman–Crippen LogP) is 5.20. The van der Waals surface area contributed by atoms with Gasteiger partial charge in [0.05, 0.1) is 39.1 Å². The molecule has 5 aromatic rings. The molecule has 0 N–H and O–H groups in total. The highest BCUT2D eigenvalue weighted by atomic mass is 35.5. The minimum absolute atomic E-state index is 0.198. The Labute approximate surface area is 186 Å². The van der Waals surface area contributed by atoms with Gasteiger partial charge in [0.25, 0.3) is 11.5 Å². The summed E-state index contributed by atoms with van der Waals surface area (Å²) in [6, 6.07) is 16.9. The Morgan fingerprint density at radius 2 is 1.84 bits per heavy atom. The number of carbonyl (C=O) groups is 1. The van der Waals surface area contributed by atoms with Crippen LogP contribution in [0.2, 0.25) is 10.0 Å². The molecule has 0 saturated carbocycles. The first kappa shape index (κ1) is 19.6. The van der Waals surface area contributed by atoms with Crippen molar-refractivity contribution in [2.75, 3.05) is 6.61 Å². The Bertz CT molecular complexity index is 1570. The Balaban J connectivity index is 1.92. The normalized spacial score (nSPS) is 11.5. The number of hydrogen-bond donors (Lipinski definition) is 0. The zero-order valence-electron chi connectivity index (χ0n) is 16.3. The van der Waals surface area contributed by atoms with Crippen LogP contribution >= 0.6 is 23.2 Å². The van der Waals surface area contributed by atoms with Crippen LogP contribution in [-0.2, 0) is 0 Å². The highest BCUT2D eigenvalue weighted by Crippen LogP contribution is 2.28. The first-order chi connectivity index (χ1) is 15.0. The summed E-state index contributed by atoms with van der Waals surface area (Å²) in [6.45, 7) is 2.35. The van der Waals surface area contributed by atoms with Crippen LogP contribution in [-0.4, -0.2) is 26.5 Å². The molecule has 0 atom stereocenters. The van der Waals surface area contributed by atoms with Crippen LogP contribution in [0.4, 0.5) is 0 Å². The molecule has 0 aliphatic heterocycles. The van der Waals surface area contributed by atoms with Crippen molar-refractivity contribution in [3.63, 3.8) is 0 Å². The standard InChI is InChI=1S/C23H15Cl2N3O3/c1-2-31-14-8-10-19-20(12-14)28-22(30)16-5-3-4-6-18(16)26-23(28)27(19)21(29)15-9-7-13(24)11-17(15)25/h3-12H,2H2,1H3. The summed E-state index contributed by atoms with van der Waals surface area (Å²) in [4.78, 5) is 31.6. The quantitative estimate of drug-likeness (QED) is 0.378. The molecule has 0 bridgehead atoms. The van der Waals surface area contributed by atoms with Gasteiger partial charge in [-0.3, -0.25) is 9.59 Å². The molecule has 154 valence electrons. The van der Waals surface area contributed by atoms with E-state index in [0.29, 0.717) is 39.3 Å². The second-order valence-electron chi connectivity index (χ2n) is 6.92. The van der Waals surface area contributed by atoms with Crippen LogP contribution in [0, 0.1) is 0 Å². The van der Waals surface area contributed by atoms with Crippen molar-refractivity contribution in [3.05, 3.63) is 86.6 Å². The lowest BCUT2D eigenvalue weighted by Gasteiger charge is -2.08. The number of nitrogens with zero attached hydrogens (tertiary/aromatic N) is 3. The topological polar surface area (TPSA) is 65.6 Å². The van der Waals surface area contributed by atoms with E-state index >= 15 is 0 Å². The van der Waals surface area contributed by atoms with Gasteiger partial charge in [-0.1, -0.05) is 35.3 Å². The maximum Gasteiger partial charge on any atom is 0.267 e. The second kappa shape index (κ2) is 7.41. The molecule has 0 radical (unpaired) electrons. The average molecular weight is 452 g/mol. The Hall–Kier alpha value is -3.35. The minimum atomic E-state index is -0.416. The van der Waals surface area contributed by atoms with Gasteiger partial charge in [-0.15, -0.1) is 0 Å². The number of hydrogen-bond acceptors (Lipinski definition) is 4. The van der Waals surface area contributed by atoms with Crippen molar-refractivity contribution in [3.8, 4) is 5.75 Å². The fourth-order valence-corrected chi connectivity index (χ4v) is 4.20. The summed E-state index contributed by atoms with van der Waals surface area (Å²) >= 11 is 12.3. The fourth-order valence-electron chi connectivity index (χ4n) is 3.71. The molecule has 0 fully saturated rings. The summed E-state index contributed by atoms with van der Waals surface area (Å²) in [6.07, 6.45) is 0. The smallest absolute Gasteiger partial charge is 0.267 e. The molecule has 0 aliphatic carbocycles. The highest BCUT2D eigenvalue weighted by molar-refractivity contribution is 6.37. The number of benzene rings is 3. The van der Waals surface area contributed by atoms with Crippen LogP contribution in [0.1, 0.15) is 17.3 Å². The first-order valence-corrected chi connectivity index (χ1v) is 10.3. The Morgan fingerprint density at radius 1 is 1.03 bits per heavy atom. The van der Waals surface area contributed by atoms with Gasteiger partial charge in [-0.25, -0.2) is 14.0 Å². The molecule has 0 amide bonds. The van der Waals surface area contributed by atoms with Crippen LogP contribution in [0.15, 0.2) is 65.5 Å². The maximum atomic E-state index is 13.6. The lowest BCUT2D eigenvalue weighted by atomic mass is 10.2. The largest absolute Gasteiger partial charge is 0.494 e. The van der Waals surface area contributed by atoms with Gasteiger partial charge in [-0.2, -0.15) is 0 Å². The van der Waals surface area contributed by atoms with Crippen LogP contribution < -0.4 is 10.3 Å². The van der Waals surface area contributed by atoms with Crippen molar-refractivity contribution in [1.82, 2.24) is 14.0 Å². The molecular formula is C23H15Cl2N3O3. The molecule has 31 heavy (non-hydrogen) atoms. The molecule has 8 heteroatoms. The number of ether oxygens (including phenoxy) is 1. The van der Waals surface area contributed by atoms with Gasteiger partial charge in [0.2, 0.25) is 5.78 Å². The van der Waals surface area contributed by atoms with E-state index < -0.39 is 5.91 Å². The van der Waals surface area contributed by atoms with E-state index in [1.165, 1.54) is 15.0 Å². The number of fused-ring (bicyclic) bond motifs is 4. The number of aromatic nitrogens is 3. The lowest BCUT2D eigenvalue weighted by Crippen LogP contribution is -2.18. The molecular weight excluding hydrogens is 437 g/mol. The summed E-state index contributed by atoms with van der Waals surface area (Å²) in [5.41, 5.74) is 1.51. The fraction of sp³-hybridized carbons (Fsp3) is 0.0870. The number of halogens is 2. The van der Waals surface area contributed by atoms with Gasteiger partial charge in [-0.05, 0) is 49.4 Å². The molecule has 0 saturated heterocycles. The van der Waals surface area contributed by atoms with Gasteiger partial charge in [0.15, 0.2) is 0 Å². The van der Waals surface area contributed by atoms with Crippen LogP contribution in [0.3, 0.4) is 0 Å². The van der Waals surface area contributed by atoms with E-state index in [2.05, 4.69) is 4.98 Å². The summed E-state index contributed by atoms with van der Waals surface area (Å²) < 4.78 is 8.44. The Kier molecular flexibility index (Phi) is 4.68. The molecule has 2 aromatic heterocycles. The molecule has 0 unspecified atom stereocenters. The zero-order chi connectivity index (χ0) is 21.7. The first-order valence-electron chi connectivity index (χ1n) is 9.58. The number of rotatable bonds is 3. The Morgan fingerprint density at radius 3 is 2.61 bits per heavy atom. The number of imidazole rings is 1. The lowest BCUT2D eigenvalue weighted by molar-refractivity contribution is 0.0968. The van der Waals surface area contributed by atoms with E-state index in [9.17, 15) is 9.59 Å². The van der Waals surface area contributed by atoms with Crippen molar-refractivity contribution >= 4 is 56.8 Å². The van der Waals surface area contributed by atoms with Crippen molar-refractivity contribution in [2.45, 2.75) is 6.92 Å². The third-order valence-corrected chi connectivity index (χ3v) is 5.61. The second-order valence-corrected chi connectivity index (χ2v) is 7.76. The van der Waals surface area contributed by atoms with E-state index in [1.54, 1.807) is 54.6 Å². The maximum absolute atomic E-state index is 13.6. The third-order valence-electron chi connectivity index (χ3n) is 5.06. The van der Waals surface area contributed by atoms with Crippen molar-refractivity contribution in [1.29, 1.82) is 0 Å². The molecule has 3 aromatic carbocycles. The SMILES string of the molecule is CCOc1ccc2c(c1)n1c(=O)c3ccccc3nc1n2C(=O)c1ccc(Cl)cc1Cl. The van der Waals surface area contributed by atoms with Gasteiger partial charge in [0, 0.05) is 11.1 Å². The average Bonchev–Trinajstić information content (AvgIpc) is 3.07. The third kappa shape index (κ3) is 3.07. The number of para-hydroxylation sites is 1. The predicted molar refractivity (Wildman–Crippen MR) is 122 cm³/mol. The minimum Gasteiger partial charge on any atom is -0.494 e. The molecule has 2 heterocycles. The highest BCUT2D eigenvalue weighted by Gasteiger charge is 2.23. The van der Waals surface area contributed by atoms with Crippen LogP contribution in [0.25, 0.3) is 27.7 Å². The van der Waals surface area contributed by atoms with Crippen molar-refractivity contribution < 1.29 is 9.53 Å². The monoisotopic (exact) mass is 451 g/mol.